The Balaban J connectivity index is 2.15. The number of hydrogen-bond acceptors (Lipinski definition) is 4. The van der Waals surface area contributed by atoms with Crippen molar-refractivity contribution < 1.29 is 14.6 Å². The summed E-state index contributed by atoms with van der Waals surface area (Å²) in [5.41, 5.74) is 4.61. The third-order valence-electron chi connectivity index (χ3n) is 3.72. The standard InChI is InChI=1S/C14H18Cl2N2O3/c1-21-12-6-10(15)9(5-11(12)16)7-18-4-2-3-14(20,8-18)13(17)19/h5-6,20H,2-4,7-8H2,1H3,(H2,17,19). The van der Waals surface area contributed by atoms with Crippen LogP contribution in [0.15, 0.2) is 12.1 Å². The van der Waals surface area contributed by atoms with Crippen molar-refractivity contribution in [3.05, 3.63) is 27.7 Å². The summed E-state index contributed by atoms with van der Waals surface area (Å²) in [6.07, 6.45) is 1.08. The second-order valence-corrected chi connectivity index (χ2v) is 6.10. The van der Waals surface area contributed by atoms with Crippen LogP contribution in [0.5, 0.6) is 5.75 Å². The Morgan fingerprint density at radius 2 is 2.19 bits per heavy atom. The minimum absolute atomic E-state index is 0.197. The summed E-state index contributed by atoms with van der Waals surface area (Å²) in [5.74, 6) is -0.177. The monoisotopic (exact) mass is 332 g/mol. The molecule has 1 unspecified atom stereocenters. The number of rotatable bonds is 4. The molecule has 1 amide bonds. The molecule has 21 heavy (non-hydrogen) atoms. The Morgan fingerprint density at radius 1 is 1.48 bits per heavy atom. The third kappa shape index (κ3) is 3.61. The molecule has 1 aliphatic heterocycles. The number of primary amides is 1. The van der Waals surface area contributed by atoms with E-state index in [-0.39, 0.29) is 6.54 Å². The van der Waals surface area contributed by atoms with Gasteiger partial charge in [0.05, 0.1) is 12.1 Å². The number of carbonyl (C=O) groups excluding carboxylic acids is 1. The highest BCUT2D eigenvalue weighted by Gasteiger charge is 2.38. The molecule has 0 aliphatic carbocycles. The number of amides is 1. The number of β-amino-alcohol motifs (C(OH)–C–C–N with tert-alkyl or cyclic N) is 1. The van der Waals surface area contributed by atoms with Crippen molar-refractivity contribution in [1.29, 1.82) is 0 Å². The van der Waals surface area contributed by atoms with E-state index in [0.29, 0.717) is 35.2 Å². The summed E-state index contributed by atoms with van der Waals surface area (Å²) in [6, 6.07) is 3.39. The molecule has 0 spiro atoms. The lowest BCUT2D eigenvalue weighted by Crippen LogP contribution is -2.55. The van der Waals surface area contributed by atoms with Crippen LogP contribution in [0.1, 0.15) is 18.4 Å². The minimum atomic E-state index is -1.47. The molecule has 1 heterocycles. The number of nitrogens with two attached hydrogens (primary N) is 1. The molecule has 0 bridgehead atoms. The van der Waals surface area contributed by atoms with Crippen LogP contribution in [0.4, 0.5) is 0 Å². The second kappa shape index (κ2) is 6.40. The summed E-state index contributed by atoms with van der Waals surface area (Å²) in [7, 11) is 1.52. The van der Waals surface area contributed by atoms with Gasteiger partial charge in [-0.25, -0.2) is 0 Å². The van der Waals surface area contributed by atoms with Gasteiger partial charge in [0.15, 0.2) is 5.60 Å². The number of likely N-dealkylation sites (tertiary alicyclic amines) is 1. The zero-order valence-electron chi connectivity index (χ0n) is 11.7. The van der Waals surface area contributed by atoms with E-state index in [0.717, 1.165) is 12.1 Å². The first-order valence-electron chi connectivity index (χ1n) is 6.62. The van der Waals surface area contributed by atoms with E-state index in [1.54, 1.807) is 12.1 Å². The highest BCUT2D eigenvalue weighted by Crippen LogP contribution is 2.32. The molecule has 1 atom stereocenters. The van der Waals surface area contributed by atoms with E-state index in [9.17, 15) is 9.90 Å². The average molecular weight is 333 g/mol. The second-order valence-electron chi connectivity index (χ2n) is 5.29. The number of aliphatic hydroxyl groups is 1. The van der Waals surface area contributed by atoms with Crippen LogP contribution in [0.25, 0.3) is 0 Å². The average Bonchev–Trinajstić information content (AvgIpc) is 2.42. The molecule has 0 saturated carbocycles. The van der Waals surface area contributed by atoms with Gasteiger partial charge < -0.3 is 15.6 Å². The lowest BCUT2D eigenvalue weighted by molar-refractivity contribution is -0.142. The summed E-state index contributed by atoms with van der Waals surface area (Å²) in [4.78, 5) is 13.3. The first-order chi connectivity index (χ1) is 9.85. The molecule has 1 fully saturated rings. The molecular formula is C14H18Cl2N2O3. The third-order valence-corrected chi connectivity index (χ3v) is 4.37. The largest absolute Gasteiger partial charge is 0.495 e. The van der Waals surface area contributed by atoms with Crippen molar-refractivity contribution in [2.45, 2.75) is 25.0 Å². The van der Waals surface area contributed by atoms with Crippen LogP contribution in [-0.4, -0.2) is 41.7 Å². The van der Waals surface area contributed by atoms with Crippen LogP contribution in [0.2, 0.25) is 10.0 Å². The van der Waals surface area contributed by atoms with Crippen molar-refractivity contribution in [2.24, 2.45) is 5.73 Å². The normalized spacial score (nSPS) is 23.0. The number of nitrogens with zero attached hydrogens (tertiary/aromatic N) is 1. The van der Waals surface area contributed by atoms with Gasteiger partial charge in [0.1, 0.15) is 5.75 Å². The predicted octanol–water partition coefficient (Wildman–Crippen LogP) is 1.81. The number of methoxy groups -OCH3 is 1. The number of halogens is 2. The van der Waals surface area contributed by atoms with Crippen molar-refractivity contribution in [1.82, 2.24) is 4.90 Å². The fraction of sp³-hybridized carbons (Fsp3) is 0.500. The Kier molecular flexibility index (Phi) is 4.99. The molecule has 1 saturated heterocycles. The first-order valence-corrected chi connectivity index (χ1v) is 7.38. The summed E-state index contributed by atoms with van der Waals surface area (Å²) in [5, 5.41) is 11.2. The lowest BCUT2D eigenvalue weighted by atomic mass is 9.92. The smallest absolute Gasteiger partial charge is 0.250 e. The van der Waals surface area contributed by atoms with Gasteiger partial charge in [-0.1, -0.05) is 23.2 Å². The van der Waals surface area contributed by atoms with Crippen LogP contribution >= 0.6 is 23.2 Å². The summed E-state index contributed by atoms with van der Waals surface area (Å²) >= 11 is 12.3. The molecule has 3 N–H and O–H groups in total. The van der Waals surface area contributed by atoms with Crippen molar-refractivity contribution in [2.75, 3.05) is 20.2 Å². The van der Waals surface area contributed by atoms with Gasteiger partial charge in [-0.05, 0) is 31.0 Å². The topological polar surface area (TPSA) is 75.8 Å². The van der Waals surface area contributed by atoms with Crippen molar-refractivity contribution >= 4 is 29.1 Å². The summed E-state index contributed by atoms with van der Waals surface area (Å²) < 4.78 is 5.10. The minimum Gasteiger partial charge on any atom is -0.495 e. The van der Waals surface area contributed by atoms with Crippen molar-refractivity contribution in [3.8, 4) is 5.75 Å². The van der Waals surface area contributed by atoms with Crippen LogP contribution < -0.4 is 10.5 Å². The van der Waals surface area contributed by atoms with Crippen LogP contribution in [0, 0.1) is 0 Å². The van der Waals surface area contributed by atoms with Gasteiger partial charge in [-0.2, -0.15) is 0 Å². The highest BCUT2D eigenvalue weighted by atomic mass is 35.5. The van der Waals surface area contributed by atoms with Crippen LogP contribution in [-0.2, 0) is 11.3 Å². The number of benzene rings is 1. The highest BCUT2D eigenvalue weighted by molar-refractivity contribution is 6.34. The molecule has 5 nitrogen and oxygen atoms in total. The number of hydrogen-bond donors (Lipinski definition) is 2. The molecule has 1 aromatic rings. The Bertz CT molecular complexity index is 553. The molecule has 116 valence electrons. The molecule has 7 heteroatoms. The van der Waals surface area contributed by atoms with E-state index < -0.39 is 11.5 Å². The van der Waals surface area contributed by atoms with Gasteiger partial charge in [0.2, 0.25) is 0 Å². The Morgan fingerprint density at radius 3 is 2.81 bits per heavy atom. The number of piperidine rings is 1. The van der Waals surface area contributed by atoms with E-state index in [1.165, 1.54) is 7.11 Å². The van der Waals surface area contributed by atoms with E-state index in [1.807, 2.05) is 4.90 Å². The molecule has 2 rings (SSSR count). The zero-order valence-corrected chi connectivity index (χ0v) is 13.2. The van der Waals surface area contributed by atoms with Gasteiger partial charge in [0.25, 0.3) is 5.91 Å². The molecule has 0 aromatic heterocycles. The van der Waals surface area contributed by atoms with E-state index >= 15 is 0 Å². The Hall–Kier alpha value is -1.01. The number of ether oxygens (including phenoxy) is 1. The van der Waals surface area contributed by atoms with E-state index in [2.05, 4.69) is 0 Å². The zero-order chi connectivity index (χ0) is 15.6. The number of carbonyl (C=O) groups is 1. The Labute approximate surface area is 133 Å². The SMILES string of the molecule is COc1cc(Cl)c(CN2CCCC(O)(C(N)=O)C2)cc1Cl. The first kappa shape index (κ1) is 16.4. The fourth-order valence-electron chi connectivity index (χ4n) is 2.55. The van der Waals surface area contributed by atoms with E-state index in [4.69, 9.17) is 33.7 Å². The maximum absolute atomic E-state index is 11.4. The molecular weight excluding hydrogens is 315 g/mol. The maximum atomic E-state index is 11.4. The van der Waals surface area contributed by atoms with Crippen LogP contribution in [0.3, 0.4) is 0 Å². The van der Waals surface area contributed by atoms with Gasteiger partial charge in [0, 0.05) is 24.2 Å². The lowest BCUT2D eigenvalue weighted by Gasteiger charge is -2.37. The molecule has 1 aromatic carbocycles. The molecule has 0 radical (unpaired) electrons. The van der Waals surface area contributed by atoms with Gasteiger partial charge >= 0.3 is 0 Å². The predicted molar refractivity (Wildman–Crippen MR) is 81.7 cm³/mol. The molecule has 1 aliphatic rings. The summed E-state index contributed by atoms with van der Waals surface area (Å²) in [6.45, 7) is 1.44. The van der Waals surface area contributed by atoms with Gasteiger partial charge in [-0.3, -0.25) is 9.69 Å². The maximum Gasteiger partial charge on any atom is 0.250 e. The quantitative estimate of drug-likeness (QED) is 0.881. The van der Waals surface area contributed by atoms with Gasteiger partial charge in [-0.15, -0.1) is 0 Å². The van der Waals surface area contributed by atoms with Crippen molar-refractivity contribution in [3.63, 3.8) is 0 Å². The fourth-order valence-corrected chi connectivity index (χ4v) is 3.02.